The van der Waals surface area contributed by atoms with Gasteiger partial charge in [0.2, 0.25) is 0 Å². The molecular formula is C34H35N3O4S. The monoisotopic (exact) mass is 581 g/mol. The maximum Gasteiger partial charge on any atom is 0.293 e. The molecule has 216 valence electrons. The van der Waals surface area contributed by atoms with Gasteiger partial charge in [-0.2, -0.15) is 0 Å². The van der Waals surface area contributed by atoms with Gasteiger partial charge in [0.1, 0.15) is 11.0 Å². The first-order valence-electron chi connectivity index (χ1n) is 14.6. The maximum atomic E-state index is 12.8. The molecule has 2 amide bonds. The predicted molar refractivity (Wildman–Crippen MR) is 166 cm³/mol. The molecule has 0 aliphatic carbocycles. The predicted octanol–water partition coefficient (Wildman–Crippen LogP) is 7.94. The standard InChI is InChI=1S/C34H35N3O4S/c1-3-24-11-13-26(14-12-24)22-30-33(39)37(34(40)42-30)20-8-6-4-5-7-9-29(38)27-18-15-25(16-19-27)21-28-17-10-23(2)31-32(28)36-41-35-31/h10-19,22H,3-9,20-21H2,1-2H3/b30-22-. The van der Waals surface area contributed by atoms with Gasteiger partial charge in [0.15, 0.2) is 5.78 Å². The van der Waals surface area contributed by atoms with Crippen molar-refractivity contribution < 1.29 is 19.0 Å². The van der Waals surface area contributed by atoms with Crippen LogP contribution in [0.1, 0.15) is 83.6 Å². The average molecular weight is 582 g/mol. The van der Waals surface area contributed by atoms with Gasteiger partial charge in [0.25, 0.3) is 11.1 Å². The lowest BCUT2D eigenvalue weighted by Crippen LogP contribution is -2.29. The lowest BCUT2D eigenvalue weighted by molar-refractivity contribution is -0.122. The summed E-state index contributed by atoms with van der Waals surface area (Å²) >= 11 is 1.01. The Bertz CT molecular complexity index is 1610. The lowest BCUT2D eigenvalue weighted by Gasteiger charge is -2.12. The molecule has 8 heteroatoms. The van der Waals surface area contributed by atoms with Crippen molar-refractivity contribution in [1.82, 2.24) is 15.2 Å². The summed E-state index contributed by atoms with van der Waals surface area (Å²) in [6, 6.07) is 19.9. The van der Waals surface area contributed by atoms with Crippen LogP contribution in [0.15, 0.2) is 70.2 Å². The van der Waals surface area contributed by atoms with E-state index in [2.05, 4.69) is 17.2 Å². The highest BCUT2D eigenvalue weighted by Crippen LogP contribution is 2.32. The summed E-state index contributed by atoms with van der Waals surface area (Å²) in [6.45, 7) is 4.52. The van der Waals surface area contributed by atoms with Crippen molar-refractivity contribution in [2.75, 3.05) is 6.54 Å². The van der Waals surface area contributed by atoms with Crippen molar-refractivity contribution in [3.05, 3.63) is 98.9 Å². The zero-order valence-electron chi connectivity index (χ0n) is 24.1. The quantitative estimate of drug-likeness (QED) is 0.0898. The molecule has 0 bridgehead atoms. The summed E-state index contributed by atoms with van der Waals surface area (Å²) < 4.78 is 4.93. The number of unbranched alkanes of at least 4 members (excludes halogenated alkanes) is 4. The van der Waals surface area contributed by atoms with Crippen molar-refractivity contribution >= 4 is 45.8 Å². The molecule has 42 heavy (non-hydrogen) atoms. The van der Waals surface area contributed by atoms with E-state index in [1.807, 2.05) is 67.6 Å². The number of hydrogen-bond donors (Lipinski definition) is 0. The molecule has 0 N–H and O–H groups in total. The summed E-state index contributed by atoms with van der Waals surface area (Å²) in [6.07, 6.45) is 8.36. The van der Waals surface area contributed by atoms with E-state index < -0.39 is 0 Å². The number of rotatable bonds is 13. The number of carbonyl (C=O) groups excluding carboxylic acids is 3. The van der Waals surface area contributed by atoms with Crippen molar-refractivity contribution in [1.29, 1.82) is 0 Å². The highest BCUT2D eigenvalue weighted by atomic mass is 32.2. The second-order valence-electron chi connectivity index (χ2n) is 10.7. The van der Waals surface area contributed by atoms with Crippen molar-refractivity contribution in [3.8, 4) is 0 Å². The summed E-state index contributed by atoms with van der Waals surface area (Å²) in [4.78, 5) is 39.7. The number of hydrogen-bond acceptors (Lipinski definition) is 7. The molecule has 7 nitrogen and oxygen atoms in total. The van der Waals surface area contributed by atoms with Gasteiger partial charge in [0, 0.05) is 18.5 Å². The third-order valence-electron chi connectivity index (χ3n) is 7.72. The number of aryl methyl sites for hydroxylation is 2. The van der Waals surface area contributed by atoms with Crippen LogP contribution < -0.4 is 0 Å². The minimum Gasteiger partial charge on any atom is -0.294 e. The van der Waals surface area contributed by atoms with Crippen LogP contribution in [-0.4, -0.2) is 38.7 Å². The molecule has 0 unspecified atom stereocenters. The number of amides is 2. The summed E-state index contributed by atoms with van der Waals surface area (Å²) in [5.41, 5.74) is 7.63. The number of imide groups is 1. The molecule has 0 radical (unpaired) electrons. The van der Waals surface area contributed by atoms with Crippen molar-refractivity contribution in [2.24, 2.45) is 0 Å². The molecule has 5 rings (SSSR count). The fourth-order valence-electron chi connectivity index (χ4n) is 5.14. The van der Waals surface area contributed by atoms with Gasteiger partial charge in [-0.05, 0) is 88.6 Å². The van der Waals surface area contributed by atoms with Crippen LogP contribution in [0, 0.1) is 6.92 Å². The SMILES string of the molecule is CCc1ccc(/C=C2\SC(=O)N(CCCCCCCC(=O)c3ccc(Cc4ccc(C)c5nonc45)cc3)C2=O)cc1. The first kappa shape index (κ1) is 29.5. The van der Waals surface area contributed by atoms with Crippen LogP contribution >= 0.6 is 11.8 Å². The molecule has 2 heterocycles. The van der Waals surface area contributed by atoms with E-state index in [1.54, 1.807) is 6.08 Å². The zero-order valence-corrected chi connectivity index (χ0v) is 24.9. The topological polar surface area (TPSA) is 93.4 Å². The molecule has 1 saturated heterocycles. The Hall–Kier alpha value is -4.04. The number of Topliss-reactive ketones (excluding diaryl/α,β-unsaturated/α-hetero) is 1. The number of nitrogens with zero attached hydrogens (tertiary/aromatic N) is 3. The Morgan fingerprint density at radius 2 is 1.55 bits per heavy atom. The molecule has 1 aliphatic heterocycles. The number of benzene rings is 3. The van der Waals surface area contributed by atoms with Gasteiger partial charge in [0.05, 0.1) is 4.91 Å². The minimum absolute atomic E-state index is 0.147. The number of aromatic nitrogens is 2. The second kappa shape index (κ2) is 13.7. The second-order valence-corrected chi connectivity index (χ2v) is 11.7. The third-order valence-corrected chi connectivity index (χ3v) is 8.62. The fraction of sp³-hybridized carbons (Fsp3) is 0.324. The van der Waals surface area contributed by atoms with Gasteiger partial charge in [-0.15, -0.1) is 0 Å². The Balaban J connectivity index is 1.00. The molecule has 0 saturated carbocycles. The van der Waals surface area contributed by atoms with E-state index >= 15 is 0 Å². The van der Waals surface area contributed by atoms with Crippen LogP contribution in [0.4, 0.5) is 4.79 Å². The largest absolute Gasteiger partial charge is 0.294 e. The lowest BCUT2D eigenvalue weighted by atomic mass is 9.98. The first-order valence-corrected chi connectivity index (χ1v) is 15.4. The van der Waals surface area contributed by atoms with Crippen LogP contribution in [0.3, 0.4) is 0 Å². The Morgan fingerprint density at radius 1 is 0.857 bits per heavy atom. The zero-order chi connectivity index (χ0) is 29.5. The van der Waals surface area contributed by atoms with E-state index in [4.69, 9.17) is 4.63 Å². The number of ketones is 1. The van der Waals surface area contributed by atoms with Crippen LogP contribution in [0.25, 0.3) is 17.1 Å². The number of fused-ring (bicyclic) bond motifs is 1. The normalized spacial score (nSPS) is 14.4. The van der Waals surface area contributed by atoms with Gasteiger partial charge in [-0.25, -0.2) is 4.63 Å². The summed E-state index contributed by atoms with van der Waals surface area (Å²) in [5, 5.41) is 7.85. The average Bonchev–Trinajstić information content (AvgIpc) is 3.60. The molecule has 0 spiro atoms. The van der Waals surface area contributed by atoms with Gasteiger partial charge in [-0.3, -0.25) is 19.3 Å². The van der Waals surface area contributed by atoms with Gasteiger partial charge >= 0.3 is 0 Å². The van der Waals surface area contributed by atoms with Crippen LogP contribution in [0.2, 0.25) is 0 Å². The summed E-state index contributed by atoms with van der Waals surface area (Å²) in [7, 11) is 0. The Kier molecular flexibility index (Phi) is 9.64. The Labute approximate surface area is 250 Å². The van der Waals surface area contributed by atoms with E-state index in [1.165, 1.54) is 10.5 Å². The molecule has 3 aromatic carbocycles. The third kappa shape index (κ3) is 7.05. The Morgan fingerprint density at radius 3 is 2.31 bits per heavy atom. The molecular weight excluding hydrogens is 546 g/mol. The van der Waals surface area contributed by atoms with Gasteiger partial charge in [-0.1, -0.05) is 86.8 Å². The van der Waals surface area contributed by atoms with Crippen molar-refractivity contribution in [2.45, 2.75) is 65.2 Å². The molecule has 1 aliphatic rings. The fourth-order valence-corrected chi connectivity index (χ4v) is 6.00. The minimum atomic E-state index is -0.205. The van der Waals surface area contributed by atoms with Gasteiger partial charge < -0.3 is 0 Å². The van der Waals surface area contributed by atoms with Crippen molar-refractivity contribution in [3.63, 3.8) is 0 Å². The molecule has 4 aromatic rings. The van der Waals surface area contributed by atoms with E-state index in [9.17, 15) is 14.4 Å². The number of carbonyl (C=O) groups is 3. The van der Waals surface area contributed by atoms with Crippen LogP contribution in [-0.2, 0) is 17.6 Å². The summed E-state index contributed by atoms with van der Waals surface area (Å²) in [5.74, 6) is -0.0580. The molecule has 1 aromatic heterocycles. The maximum absolute atomic E-state index is 12.8. The smallest absolute Gasteiger partial charge is 0.293 e. The molecule has 1 fully saturated rings. The van der Waals surface area contributed by atoms with E-state index in [-0.39, 0.29) is 16.9 Å². The first-order chi connectivity index (χ1) is 20.4. The number of thioether (sulfide) groups is 1. The van der Waals surface area contributed by atoms with E-state index in [0.29, 0.717) is 24.3 Å². The van der Waals surface area contributed by atoms with E-state index in [0.717, 1.165) is 89.1 Å². The highest BCUT2D eigenvalue weighted by Gasteiger charge is 2.34. The van der Waals surface area contributed by atoms with Crippen LogP contribution in [0.5, 0.6) is 0 Å². The molecule has 0 atom stereocenters. The highest BCUT2D eigenvalue weighted by molar-refractivity contribution is 8.18.